The molecule has 0 spiro atoms. The molecule has 0 radical (unpaired) electrons. The normalized spacial score (nSPS) is 11.9. The lowest BCUT2D eigenvalue weighted by atomic mass is 10.2. The van der Waals surface area contributed by atoms with E-state index in [0.29, 0.717) is 568 Å². The Kier molecular flexibility index (Phi) is 131. The molecular weight excluding hydrogens is 1810 g/mol. The van der Waals surface area contributed by atoms with E-state index in [2.05, 4.69) is 0 Å². The maximum absolute atomic E-state index is 8.64. The van der Waals surface area contributed by atoms with Crippen molar-refractivity contribution in [1.82, 2.24) is 0 Å². The van der Waals surface area contributed by atoms with Gasteiger partial charge in [-0.05, 0) is 19.3 Å². The third-order valence-corrected chi connectivity index (χ3v) is 16.8. The number of rotatable bonds is 133. The molecule has 0 aromatic rings. The smallest absolute Gasteiger partial charge is 0.0701 e. The number of aliphatic hydroxyl groups excluding tert-OH is 2. The van der Waals surface area contributed by atoms with Crippen LogP contribution in [0.2, 0.25) is 0 Å². The Labute approximate surface area is 811 Å². The van der Waals surface area contributed by atoms with Gasteiger partial charge < -0.3 is 214 Å². The van der Waals surface area contributed by atoms with Crippen LogP contribution >= 0.6 is 0 Å². The van der Waals surface area contributed by atoms with E-state index in [-0.39, 0.29) is 13.2 Å². The SMILES string of the molecule is OCCOCCOCCOCCOCCCCCOCCOCCOCCOCCOCCOCCOCCOCCOCCOCCOCCOCCOCCOCCOCCOCCOCCOCCOCCOCCOCCOCCOCCOCCOCCOCCOCCOCCOCCOCCOCCOCCOCCOCCOCCOCCOCCOCCOCCO. The lowest BCUT2D eigenvalue weighted by molar-refractivity contribution is -0.0328. The molecule has 0 saturated carbocycles. The molecule has 0 amide bonds. The topological polar surface area (TPSA) is 437 Å². The van der Waals surface area contributed by atoms with Crippen molar-refractivity contribution >= 4 is 0 Å². The van der Waals surface area contributed by atoms with Crippen molar-refractivity contribution in [3.8, 4) is 0 Å². The van der Waals surface area contributed by atoms with Gasteiger partial charge in [-0.15, -0.1) is 0 Å². The number of hydrogen-bond acceptors (Lipinski definition) is 45. The third-order valence-electron chi connectivity index (χ3n) is 16.8. The first kappa shape index (κ1) is 134. The van der Waals surface area contributed by atoms with Crippen LogP contribution < -0.4 is 0 Å². The van der Waals surface area contributed by atoms with E-state index in [1.807, 2.05) is 0 Å². The Morgan fingerprint density at radius 3 is 0.169 bits per heavy atom. The van der Waals surface area contributed by atoms with Crippen molar-refractivity contribution in [2.24, 2.45) is 0 Å². The number of aliphatic hydroxyl groups is 2. The van der Waals surface area contributed by atoms with E-state index >= 15 is 0 Å². The molecule has 0 atom stereocenters. The minimum atomic E-state index is 0.0143. The quantitative estimate of drug-likeness (QED) is 0.0797. The van der Waals surface area contributed by atoms with Crippen LogP contribution in [0.25, 0.3) is 0 Å². The molecule has 0 aliphatic rings. The zero-order valence-electron chi connectivity index (χ0n) is 82.8. The fourth-order valence-corrected chi connectivity index (χ4v) is 9.93. The summed E-state index contributed by atoms with van der Waals surface area (Å²) in [6, 6.07) is 0. The molecule has 2 N–H and O–H groups in total. The highest BCUT2D eigenvalue weighted by Crippen LogP contribution is 2.00. The summed E-state index contributed by atoms with van der Waals surface area (Å²) in [6.45, 7) is 41.7. The molecule has 0 unspecified atom stereocenters. The van der Waals surface area contributed by atoms with Crippen molar-refractivity contribution in [2.75, 3.05) is 581 Å². The second-order valence-corrected chi connectivity index (χ2v) is 27.8. The van der Waals surface area contributed by atoms with Crippen molar-refractivity contribution in [3.05, 3.63) is 0 Å². The summed E-state index contributed by atoms with van der Waals surface area (Å²) in [5.74, 6) is 0. The molecule has 136 heavy (non-hydrogen) atoms. The highest BCUT2D eigenvalue weighted by Gasteiger charge is 2.06. The van der Waals surface area contributed by atoms with Crippen molar-refractivity contribution in [1.29, 1.82) is 0 Å². The van der Waals surface area contributed by atoms with Crippen LogP contribution in [0.3, 0.4) is 0 Å². The maximum atomic E-state index is 8.64. The highest BCUT2D eigenvalue weighted by atomic mass is 16.7. The van der Waals surface area contributed by atoms with Gasteiger partial charge in [0.25, 0.3) is 0 Å². The monoisotopic (exact) mass is 2000 g/mol. The molecular formula is C91H184O45. The minimum absolute atomic E-state index is 0.0143. The summed E-state index contributed by atoms with van der Waals surface area (Å²) >= 11 is 0. The van der Waals surface area contributed by atoms with E-state index in [1.165, 1.54) is 0 Å². The van der Waals surface area contributed by atoms with Gasteiger partial charge in [-0.25, -0.2) is 0 Å². The fourth-order valence-electron chi connectivity index (χ4n) is 9.93. The van der Waals surface area contributed by atoms with Gasteiger partial charge in [-0.3, -0.25) is 0 Å². The predicted octanol–water partition coefficient (Wildman–Crippen LogP) is 0.855. The summed E-state index contributed by atoms with van der Waals surface area (Å²) in [6.07, 6.45) is 3.02. The molecule has 0 bridgehead atoms. The molecule has 45 nitrogen and oxygen atoms in total. The van der Waals surface area contributed by atoms with Gasteiger partial charge in [0.05, 0.1) is 568 Å². The van der Waals surface area contributed by atoms with Crippen LogP contribution in [-0.4, -0.2) is 592 Å². The summed E-state index contributed by atoms with van der Waals surface area (Å²) in [5, 5.41) is 17.3. The average molecular weight is 2000 g/mol. The van der Waals surface area contributed by atoms with E-state index in [1.54, 1.807) is 0 Å². The van der Waals surface area contributed by atoms with Gasteiger partial charge in [0.1, 0.15) is 0 Å². The number of hydrogen-bond donors (Lipinski definition) is 2. The molecule has 0 rings (SSSR count). The van der Waals surface area contributed by atoms with Gasteiger partial charge in [0.15, 0.2) is 0 Å². The van der Waals surface area contributed by atoms with Crippen LogP contribution in [0.1, 0.15) is 19.3 Å². The Hall–Kier alpha value is -1.80. The Balaban J connectivity index is 3.10. The molecule has 0 aliphatic heterocycles. The second kappa shape index (κ2) is 133. The Morgan fingerprint density at radius 1 is 0.0588 bits per heavy atom. The van der Waals surface area contributed by atoms with Crippen LogP contribution in [0, 0.1) is 0 Å². The lowest BCUT2D eigenvalue weighted by Crippen LogP contribution is -2.16. The maximum Gasteiger partial charge on any atom is 0.0701 e. The van der Waals surface area contributed by atoms with Gasteiger partial charge in [-0.1, -0.05) is 0 Å². The van der Waals surface area contributed by atoms with E-state index < -0.39 is 0 Å². The minimum Gasteiger partial charge on any atom is -0.394 e. The molecule has 0 fully saturated rings. The first-order chi connectivity index (χ1) is 67.9. The number of unbranched alkanes of at least 4 members (excludes halogenated alkanes) is 2. The third kappa shape index (κ3) is 132. The van der Waals surface area contributed by atoms with E-state index in [9.17, 15) is 0 Å². The van der Waals surface area contributed by atoms with Crippen LogP contribution in [0.4, 0.5) is 0 Å². The van der Waals surface area contributed by atoms with Gasteiger partial charge in [0.2, 0.25) is 0 Å². The first-order valence-electron chi connectivity index (χ1n) is 49.0. The van der Waals surface area contributed by atoms with Gasteiger partial charge in [-0.2, -0.15) is 0 Å². The molecule has 0 heterocycles. The Morgan fingerprint density at radius 2 is 0.110 bits per heavy atom. The molecule has 818 valence electrons. The second-order valence-electron chi connectivity index (χ2n) is 27.8. The summed E-state index contributed by atoms with van der Waals surface area (Å²) in [4.78, 5) is 0. The van der Waals surface area contributed by atoms with Gasteiger partial charge in [0, 0.05) is 13.2 Å². The van der Waals surface area contributed by atoms with E-state index in [4.69, 9.17) is 214 Å². The summed E-state index contributed by atoms with van der Waals surface area (Å²) < 4.78 is 237. The number of ether oxygens (including phenoxy) is 43. The standard InChI is InChI=1S/C91H184O45/c92-4-8-96-12-16-100-20-18-98-14-10-94-6-2-1-3-7-95-11-15-99-19-22-102-24-26-104-28-30-106-32-34-108-36-38-110-40-42-112-44-46-114-48-50-116-52-54-118-56-58-120-60-62-122-64-66-124-68-70-126-72-74-128-76-78-130-80-82-132-84-86-134-88-90-136-91-89-135-87-85-133-83-81-131-79-77-129-75-73-127-71-69-125-67-65-123-63-61-121-59-57-119-55-53-117-51-49-115-47-45-113-43-41-111-39-37-109-35-33-107-31-29-105-27-25-103-23-21-101-17-13-97-9-5-93/h92-93H,1-91H2. The summed E-state index contributed by atoms with van der Waals surface area (Å²) in [5.41, 5.74) is 0. The van der Waals surface area contributed by atoms with Crippen molar-refractivity contribution in [2.45, 2.75) is 19.3 Å². The first-order valence-corrected chi connectivity index (χ1v) is 49.0. The molecule has 0 saturated heterocycles. The van der Waals surface area contributed by atoms with E-state index in [0.717, 1.165) is 19.3 Å². The highest BCUT2D eigenvalue weighted by molar-refractivity contribution is 4.49. The van der Waals surface area contributed by atoms with Crippen molar-refractivity contribution in [3.63, 3.8) is 0 Å². The van der Waals surface area contributed by atoms with Crippen LogP contribution in [0.5, 0.6) is 0 Å². The molecule has 0 aliphatic carbocycles. The zero-order chi connectivity index (χ0) is 96.8. The molecule has 45 heteroatoms. The zero-order valence-corrected chi connectivity index (χ0v) is 82.8. The largest absolute Gasteiger partial charge is 0.394 e. The van der Waals surface area contributed by atoms with Gasteiger partial charge >= 0.3 is 0 Å². The Bertz CT molecular complexity index is 1730. The molecule has 0 aromatic heterocycles. The van der Waals surface area contributed by atoms with Crippen LogP contribution in [-0.2, 0) is 204 Å². The fraction of sp³-hybridized carbons (Fsp3) is 1.00. The average Bonchev–Trinajstić information content (AvgIpc) is 1.10. The lowest BCUT2D eigenvalue weighted by Gasteiger charge is -2.09. The summed E-state index contributed by atoms with van der Waals surface area (Å²) in [7, 11) is 0. The van der Waals surface area contributed by atoms with Crippen LogP contribution in [0.15, 0.2) is 0 Å². The van der Waals surface area contributed by atoms with Crippen molar-refractivity contribution < 1.29 is 214 Å². The predicted molar refractivity (Wildman–Crippen MR) is 493 cm³/mol. The molecule has 0 aromatic carbocycles.